The number of carboxylic acid groups (broad SMARTS) is 1. The van der Waals surface area contributed by atoms with Gasteiger partial charge in [-0.25, -0.2) is 4.79 Å². The lowest BCUT2D eigenvalue weighted by molar-refractivity contribution is -0.139. The third-order valence-electron chi connectivity index (χ3n) is 1.90. The fourth-order valence-corrected chi connectivity index (χ4v) is 3.28. The molecule has 1 fully saturated rings. The van der Waals surface area contributed by atoms with Gasteiger partial charge in [-0.1, -0.05) is 17.8 Å². The first kappa shape index (κ1) is 9.54. The van der Waals surface area contributed by atoms with Crippen LogP contribution >= 0.6 is 23.1 Å². The smallest absolute Gasteiger partial charge is 0.327 e. The van der Waals surface area contributed by atoms with Crippen LogP contribution in [0.5, 0.6) is 0 Å². The van der Waals surface area contributed by atoms with Crippen molar-refractivity contribution in [2.45, 2.75) is 11.3 Å². The van der Waals surface area contributed by atoms with Crippen molar-refractivity contribution in [1.82, 2.24) is 5.32 Å². The summed E-state index contributed by atoms with van der Waals surface area (Å²) in [6.45, 7) is 0. The minimum atomic E-state index is -0.984. The minimum Gasteiger partial charge on any atom is -0.480 e. The van der Waals surface area contributed by atoms with Gasteiger partial charge in [-0.2, -0.15) is 0 Å². The lowest BCUT2D eigenvalue weighted by Gasteiger charge is -2.10. The number of hydrogen-bond donors (Lipinski definition) is 2. The molecule has 2 unspecified atom stereocenters. The number of nitrogens with one attached hydrogen (secondary N) is 1. The Labute approximate surface area is 88.3 Å². The fraction of sp³-hybridized carbons (Fsp3) is 0.250. The molecule has 4 nitrogen and oxygen atoms in total. The number of carboxylic acids is 1. The van der Waals surface area contributed by atoms with Gasteiger partial charge in [0.15, 0.2) is 0 Å². The highest BCUT2D eigenvalue weighted by molar-refractivity contribution is 8.14. The standard InChI is InChI=1S/C8H7NO3S2/c10-7(11)5-6(14-8(12)9-5)4-2-1-3-13-4/h1-3,5-6H,(H,9,12)(H,10,11). The van der Waals surface area contributed by atoms with Gasteiger partial charge in [0.1, 0.15) is 6.04 Å². The number of thiophene rings is 1. The van der Waals surface area contributed by atoms with Crippen LogP contribution in [0, 0.1) is 0 Å². The number of carbonyl (C=O) groups is 2. The molecule has 2 N–H and O–H groups in total. The van der Waals surface area contributed by atoms with E-state index in [0.29, 0.717) is 0 Å². The third kappa shape index (κ3) is 1.62. The van der Waals surface area contributed by atoms with E-state index in [1.807, 2.05) is 17.5 Å². The average Bonchev–Trinajstić information content (AvgIpc) is 2.70. The summed E-state index contributed by atoms with van der Waals surface area (Å²) in [7, 11) is 0. The molecule has 2 rings (SSSR count). The van der Waals surface area contributed by atoms with E-state index in [0.717, 1.165) is 16.6 Å². The van der Waals surface area contributed by atoms with E-state index < -0.39 is 12.0 Å². The molecule has 1 aliphatic heterocycles. The van der Waals surface area contributed by atoms with Crippen LogP contribution in [0.3, 0.4) is 0 Å². The van der Waals surface area contributed by atoms with Crippen molar-refractivity contribution in [1.29, 1.82) is 0 Å². The van der Waals surface area contributed by atoms with Gasteiger partial charge in [0, 0.05) is 4.88 Å². The molecule has 1 aromatic rings. The molecular formula is C8H7NO3S2. The van der Waals surface area contributed by atoms with Gasteiger partial charge >= 0.3 is 5.97 Å². The van der Waals surface area contributed by atoms with Crippen LogP contribution in [0.4, 0.5) is 4.79 Å². The monoisotopic (exact) mass is 229 g/mol. The van der Waals surface area contributed by atoms with Crippen LogP contribution in [0.25, 0.3) is 0 Å². The molecule has 2 atom stereocenters. The number of thioether (sulfide) groups is 1. The number of carbonyl (C=O) groups excluding carboxylic acids is 1. The molecule has 1 aliphatic rings. The largest absolute Gasteiger partial charge is 0.480 e. The SMILES string of the molecule is O=C1NC(C(=O)O)C(c2cccs2)S1. The molecule has 6 heteroatoms. The Morgan fingerprint density at radius 2 is 2.36 bits per heavy atom. The number of hydrogen-bond acceptors (Lipinski definition) is 4. The maximum absolute atomic E-state index is 11.1. The first-order valence-corrected chi connectivity index (χ1v) is 5.68. The first-order valence-electron chi connectivity index (χ1n) is 3.92. The van der Waals surface area contributed by atoms with Crippen LogP contribution in [0.2, 0.25) is 0 Å². The van der Waals surface area contributed by atoms with E-state index in [2.05, 4.69) is 5.32 Å². The lowest BCUT2D eigenvalue weighted by atomic mass is 10.2. The predicted octanol–water partition coefficient (Wildman–Crippen LogP) is 1.70. The van der Waals surface area contributed by atoms with Crippen LogP contribution in [-0.4, -0.2) is 22.4 Å². The molecule has 0 saturated carbocycles. The van der Waals surface area contributed by atoms with Gasteiger partial charge in [-0.05, 0) is 11.4 Å². The maximum Gasteiger partial charge on any atom is 0.327 e. The number of aliphatic carboxylic acids is 1. The highest BCUT2D eigenvalue weighted by Crippen LogP contribution is 2.39. The summed E-state index contributed by atoms with van der Waals surface area (Å²) >= 11 is 2.51. The van der Waals surface area contributed by atoms with Crippen molar-refractivity contribution in [3.05, 3.63) is 22.4 Å². The van der Waals surface area contributed by atoms with E-state index >= 15 is 0 Å². The molecule has 0 radical (unpaired) electrons. The Morgan fingerprint density at radius 1 is 1.57 bits per heavy atom. The first-order chi connectivity index (χ1) is 6.68. The van der Waals surface area contributed by atoms with E-state index in [1.165, 1.54) is 11.3 Å². The lowest BCUT2D eigenvalue weighted by Crippen LogP contribution is -2.35. The van der Waals surface area contributed by atoms with Gasteiger partial charge in [0.2, 0.25) is 0 Å². The van der Waals surface area contributed by atoms with Crippen LogP contribution in [-0.2, 0) is 4.79 Å². The number of amides is 1. The Bertz CT molecular complexity index is 363. The molecule has 0 spiro atoms. The van der Waals surface area contributed by atoms with Crippen molar-refractivity contribution in [3.8, 4) is 0 Å². The zero-order valence-electron chi connectivity index (χ0n) is 6.97. The molecule has 1 saturated heterocycles. The van der Waals surface area contributed by atoms with Crippen LogP contribution in [0.15, 0.2) is 17.5 Å². The highest BCUT2D eigenvalue weighted by Gasteiger charge is 2.39. The zero-order valence-corrected chi connectivity index (χ0v) is 8.60. The van der Waals surface area contributed by atoms with Gasteiger partial charge < -0.3 is 10.4 Å². The second kappa shape index (κ2) is 3.62. The average molecular weight is 229 g/mol. The second-order valence-electron chi connectivity index (χ2n) is 2.80. The topological polar surface area (TPSA) is 66.4 Å². The summed E-state index contributed by atoms with van der Waals surface area (Å²) < 4.78 is 0. The van der Waals surface area contributed by atoms with Crippen LogP contribution < -0.4 is 5.32 Å². The molecule has 74 valence electrons. The highest BCUT2D eigenvalue weighted by atomic mass is 32.2. The third-order valence-corrected chi connectivity index (χ3v) is 4.12. The molecule has 0 aromatic carbocycles. The van der Waals surface area contributed by atoms with Gasteiger partial charge in [0.25, 0.3) is 5.24 Å². The van der Waals surface area contributed by atoms with Crippen molar-refractivity contribution in [2.75, 3.05) is 0 Å². The summed E-state index contributed by atoms with van der Waals surface area (Å²) in [6.07, 6.45) is 0. The summed E-state index contributed by atoms with van der Waals surface area (Å²) in [6, 6.07) is 2.90. The Hall–Kier alpha value is -1.01. The maximum atomic E-state index is 11.1. The molecule has 1 aromatic heterocycles. The fourth-order valence-electron chi connectivity index (χ4n) is 1.29. The summed E-state index contributed by atoms with van der Waals surface area (Å²) in [5.41, 5.74) is 0. The summed E-state index contributed by atoms with van der Waals surface area (Å²) in [5.74, 6) is -0.984. The Kier molecular flexibility index (Phi) is 2.47. The molecule has 2 heterocycles. The Balaban J connectivity index is 2.26. The van der Waals surface area contributed by atoms with Crippen molar-refractivity contribution < 1.29 is 14.7 Å². The van der Waals surface area contributed by atoms with E-state index in [4.69, 9.17) is 5.11 Å². The molecular weight excluding hydrogens is 222 g/mol. The van der Waals surface area contributed by atoms with Crippen molar-refractivity contribution in [3.63, 3.8) is 0 Å². The van der Waals surface area contributed by atoms with Gasteiger partial charge in [0.05, 0.1) is 5.25 Å². The molecule has 14 heavy (non-hydrogen) atoms. The molecule has 1 amide bonds. The summed E-state index contributed by atoms with van der Waals surface area (Å²) in [4.78, 5) is 22.8. The summed E-state index contributed by atoms with van der Waals surface area (Å²) in [5, 5.41) is 12.6. The van der Waals surface area contributed by atoms with Gasteiger partial charge in [-0.15, -0.1) is 11.3 Å². The van der Waals surface area contributed by atoms with Crippen LogP contribution in [0.1, 0.15) is 10.1 Å². The van der Waals surface area contributed by atoms with E-state index in [1.54, 1.807) is 0 Å². The van der Waals surface area contributed by atoms with E-state index in [9.17, 15) is 9.59 Å². The van der Waals surface area contributed by atoms with E-state index in [-0.39, 0.29) is 10.5 Å². The minimum absolute atomic E-state index is 0.268. The Morgan fingerprint density at radius 3 is 2.93 bits per heavy atom. The van der Waals surface area contributed by atoms with Gasteiger partial charge in [-0.3, -0.25) is 4.79 Å². The quantitative estimate of drug-likeness (QED) is 0.810. The normalized spacial score (nSPS) is 26.1. The molecule has 0 bridgehead atoms. The zero-order chi connectivity index (χ0) is 10.1. The van der Waals surface area contributed by atoms with Crippen molar-refractivity contribution >= 4 is 34.3 Å². The second-order valence-corrected chi connectivity index (χ2v) is 4.90. The molecule has 0 aliphatic carbocycles. The number of rotatable bonds is 2. The predicted molar refractivity (Wildman–Crippen MR) is 54.6 cm³/mol. The van der Waals surface area contributed by atoms with Crippen molar-refractivity contribution in [2.24, 2.45) is 0 Å².